The molecule has 2 atom stereocenters. The molecule has 0 N–H and O–H groups in total. The van der Waals surface area contributed by atoms with E-state index >= 15 is 0 Å². The Kier molecular flexibility index (Phi) is 2.21. The highest BCUT2D eigenvalue weighted by atomic mass is 16.1. The number of Topliss-reactive ketones (excluding diaryl/α,β-unsaturated/α-hetero) is 1. The second-order valence-electron chi connectivity index (χ2n) is 6.27. The molecule has 96 valence electrons. The van der Waals surface area contributed by atoms with Gasteiger partial charge in [-0.15, -0.1) is 0 Å². The van der Waals surface area contributed by atoms with E-state index in [2.05, 4.69) is 6.92 Å². The third kappa shape index (κ3) is 1.56. The summed E-state index contributed by atoms with van der Waals surface area (Å²) in [5, 5.41) is 4.79. The summed E-state index contributed by atoms with van der Waals surface area (Å²) in [4.78, 5) is 11.8. The van der Waals surface area contributed by atoms with E-state index in [1.54, 1.807) is 5.56 Å². The summed E-state index contributed by atoms with van der Waals surface area (Å²) in [7, 11) is 0. The quantitative estimate of drug-likeness (QED) is 0.798. The number of carbonyl (C=O) groups is 1. The van der Waals surface area contributed by atoms with E-state index in [1.165, 1.54) is 37.1 Å². The Morgan fingerprint density at radius 3 is 3.00 bits per heavy atom. The smallest absolute Gasteiger partial charge is 0.154 e. The summed E-state index contributed by atoms with van der Waals surface area (Å²) in [6.07, 6.45) is 6.82. The van der Waals surface area contributed by atoms with Gasteiger partial charge in [0, 0.05) is 23.6 Å². The van der Waals surface area contributed by atoms with E-state index in [0.717, 1.165) is 24.2 Å². The lowest BCUT2D eigenvalue weighted by Crippen LogP contribution is -2.13. The molecule has 2 unspecified atom stereocenters. The van der Waals surface area contributed by atoms with Crippen LogP contribution in [0.5, 0.6) is 0 Å². The highest BCUT2D eigenvalue weighted by Crippen LogP contribution is 2.59. The van der Waals surface area contributed by atoms with Crippen LogP contribution in [0, 0.1) is 5.92 Å². The molecule has 1 heterocycles. The summed E-state index contributed by atoms with van der Waals surface area (Å²) in [6.45, 7) is 2.58. The van der Waals surface area contributed by atoms with Gasteiger partial charge in [-0.3, -0.25) is 9.48 Å². The minimum atomic E-state index is 0.339. The fraction of sp³-hybridized carbons (Fsp3) is 0.733. The van der Waals surface area contributed by atoms with Gasteiger partial charge in [0.15, 0.2) is 5.78 Å². The van der Waals surface area contributed by atoms with Gasteiger partial charge in [-0.05, 0) is 43.9 Å². The van der Waals surface area contributed by atoms with E-state index in [4.69, 9.17) is 5.10 Å². The summed E-state index contributed by atoms with van der Waals surface area (Å²) >= 11 is 0. The van der Waals surface area contributed by atoms with Crippen molar-refractivity contribution in [1.29, 1.82) is 0 Å². The van der Waals surface area contributed by atoms with Gasteiger partial charge in [-0.25, -0.2) is 0 Å². The number of hydrogen-bond acceptors (Lipinski definition) is 2. The van der Waals surface area contributed by atoms with Crippen LogP contribution >= 0.6 is 0 Å². The normalized spacial score (nSPS) is 28.1. The van der Waals surface area contributed by atoms with E-state index < -0.39 is 0 Å². The average molecular weight is 244 g/mol. The van der Waals surface area contributed by atoms with Gasteiger partial charge in [0.2, 0.25) is 0 Å². The first-order valence-electron chi connectivity index (χ1n) is 7.39. The Balaban J connectivity index is 1.65. The van der Waals surface area contributed by atoms with Gasteiger partial charge in [-0.1, -0.05) is 6.92 Å². The zero-order valence-corrected chi connectivity index (χ0v) is 11.0. The molecule has 3 aliphatic carbocycles. The van der Waals surface area contributed by atoms with Crippen LogP contribution in [-0.4, -0.2) is 15.6 Å². The summed E-state index contributed by atoms with van der Waals surface area (Å²) in [5.74, 6) is 2.76. The minimum Gasteiger partial charge on any atom is -0.298 e. The number of carbonyl (C=O) groups excluding carboxylic acids is 1. The van der Waals surface area contributed by atoms with Crippen LogP contribution in [0.1, 0.15) is 67.8 Å². The third-order valence-corrected chi connectivity index (χ3v) is 4.69. The van der Waals surface area contributed by atoms with Crippen LogP contribution < -0.4 is 0 Å². The van der Waals surface area contributed by atoms with Crippen LogP contribution in [0.4, 0.5) is 0 Å². The molecule has 18 heavy (non-hydrogen) atoms. The second kappa shape index (κ2) is 3.69. The third-order valence-electron chi connectivity index (χ3n) is 4.69. The lowest BCUT2D eigenvalue weighted by Gasteiger charge is -2.05. The van der Waals surface area contributed by atoms with Crippen LogP contribution in [0.2, 0.25) is 0 Å². The molecule has 2 saturated carbocycles. The molecule has 3 heteroatoms. The second-order valence-corrected chi connectivity index (χ2v) is 6.27. The summed E-state index contributed by atoms with van der Waals surface area (Å²) in [5.41, 5.74) is 4.33. The van der Waals surface area contributed by atoms with Crippen molar-refractivity contribution < 1.29 is 4.79 Å². The fourth-order valence-corrected chi connectivity index (χ4v) is 3.54. The van der Waals surface area contributed by atoms with Crippen molar-refractivity contribution in [2.75, 3.05) is 0 Å². The number of hydrogen-bond donors (Lipinski definition) is 0. The lowest BCUT2D eigenvalue weighted by atomic mass is 10.1. The summed E-state index contributed by atoms with van der Waals surface area (Å²) in [6, 6.07) is 0. The maximum Gasteiger partial charge on any atom is 0.154 e. The standard InChI is InChI=1S/C15H20N2O/c1-2-3-11(18)8-17-13-7-10-6-12(10)14(13)15(16-17)9-4-5-9/h9-10,12H,2-8H2,1H3. The largest absolute Gasteiger partial charge is 0.298 e. The van der Waals surface area contributed by atoms with E-state index in [1.807, 2.05) is 4.68 Å². The maximum atomic E-state index is 11.8. The minimum absolute atomic E-state index is 0.339. The number of aromatic nitrogens is 2. The number of rotatable bonds is 5. The molecule has 0 spiro atoms. The van der Waals surface area contributed by atoms with Gasteiger partial charge >= 0.3 is 0 Å². The Bertz CT molecular complexity index is 513. The molecule has 3 aliphatic rings. The van der Waals surface area contributed by atoms with Crippen molar-refractivity contribution in [1.82, 2.24) is 9.78 Å². The number of ketones is 1. The number of nitrogens with zero attached hydrogens (tertiary/aromatic N) is 2. The highest BCUT2D eigenvalue weighted by molar-refractivity contribution is 5.78. The molecule has 0 amide bonds. The van der Waals surface area contributed by atoms with E-state index in [0.29, 0.717) is 18.7 Å². The molecular formula is C15H20N2O. The molecule has 2 fully saturated rings. The maximum absolute atomic E-state index is 11.8. The zero-order chi connectivity index (χ0) is 12.3. The highest BCUT2D eigenvalue weighted by Gasteiger charge is 2.50. The van der Waals surface area contributed by atoms with E-state index in [9.17, 15) is 4.79 Å². The van der Waals surface area contributed by atoms with Crippen LogP contribution in [0.3, 0.4) is 0 Å². The van der Waals surface area contributed by atoms with Crippen molar-refractivity contribution in [3.05, 3.63) is 17.0 Å². The first kappa shape index (κ1) is 10.8. The fourth-order valence-electron chi connectivity index (χ4n) is 3.54. The molecular weight excluding hydrogens is 224 g/mol. The van der Waals surface area contributed by atoms with Gasteiger partial charge in [0.1, 0.15) is 0 Å². The van der Waals surface area contributed by atoms with Gasteiger partial charge < -0.3 is 0 Å². The monoisotopic (exact) mass is 244 g/mol. The topological polar surface area (TPSA) is 34.9 Å². The molecule has 0 aliphatic heterocycles. The zero-order valence-electron chi connectivity index (χ0n) is 11.0. The first-order chi connectivity index (χ1) is 8.78. The van der Waals surface area contributed by atoms with Crippen LogP contribution in [0.25, 0.3) is 0 Å². The van der Waals surface area contributed by atoms with Gasteiger partial charge in [0.05, 0.1) is 12.2 Å². The molecule has 0 saturated heterocycles. The van der Waals surface area contributed by atoms with Crippen molar-refractivity contribution in [2.24, 2.45) is 5.92 Å². The van der Waals surface area contributed by atoms with Crippen molar-refractivity contribution in [3.8, 4) is 0 Å². The lowest BCUT2D eigenvalue weighted by molar-refractivity contribution is -0.119. The van der Waals surface area contributed by atoms with E-state index in [-0.39, 0.29) is 0 Å². The Hall–Kier alpha value is -1.12. The molecule has 3 nitrogen and oxygen atoms in total. The van der Waals surface area contributed by atoms with Crippen molar-refractivity contribution in [3.63, 3.8) is 0 Å². The van der Waals surface area contributed by atoms with Crippen molar-refractivity contribution in [2.45, 2.75) is 63.8 Å². The Morgan fingerprint density at radius 1 is 1.44 bits per heavy atom. The molecule has 0 bridgehead atoms. The predicted molar refractivity (Wildman–Crippen MR) is 68.7 cm³/mol. The molecule has 1 aromatic heterocycles. The summed E-state index contributed by atoms with van der Waals surface area (Å²) < 4.78 is 2.05. The Labute approximate surface area is 108 Å². The first-order valence-corrected chi connectivity index (χ1v) is 7.39. The molecule has 0 radical (unpaired) electrons. The van der Waals surface area contributed by atoms with Crippen molar-refractivity contribution >= 4 is 5.78 Å². The average Bonchev–Trinajstić information content (AvgIpc) is 3.23. The van der Waals surface area contributed by atoms with Gasteiger partial charge in [0.25, 0.3) is 0 Å². The van der Waals surface area contributed by atoms with Crippen LogP contribution in [0.15, 0.2) is 0 Å². The molecule has 1 aromatic rings. The van der Waals surface area contributed by atoms with Gasteiger partial charge in [-0.2, -0.15) is 5.10 Å². The number of fused-ring (bicyclic) bond motifs is 3. The molecule has 4 rings (SSSR count). The van der Waals surface area contributed by atoms with Crippen LogP contribution in [-0.2, 0) is 17.8 Å². The molecule has 0 aromatic carbocycles. The Morgan fingerprint density at radius 2 is 2.28 bits per heavy atom. The SMILES string of the molecule is CCCC(=O)Cn1nc(C2CC2)c2c1CC1CC21. The predicted octanol–water partition coefficient (Wildman–Crippen LogP) is 2.79.